The van der Waals surface area contributed by atoms with Crippen LogP contribution in [0.25, 0.3) is 15.9 Å². The number of nitrogens with two attached hydrogens (primary N) is 1. The van der Waals surface area contributed by atoms with Crippen LogP contribution in [0, 0.1) is 5.21 Å². The predicted octanol–water partition coefficient (Wildman–Crippen LogP) is 3.94. The van der Waals surface area contributed by atoms with Gasteiger partial charge in [-0.15, -0.1) is 0 Å². The summed E-state index contributed by atoms with van der Waals surface area (Å²) >= 11 is 8.25. The number of hydrogen-bond donors (Lipinski definition) is 1. The van der Waals surface area contributed by atoms with Gasteiger partial charge in [0.1, 0.15) is 5.82 Å². The Morgan fingerprint density at radius 2 is 2.21 bits per heavy atom. The van der Waals surface area contributed by atoms with Gasteiger partial charge in [-0.3, -0.25) is 0 Å². The molecule has 176 valence electrons. The predicted molar refractivity (Wildman–Crippen MR) is 134 cm³/mol. The fourth-order valence-corrected chi connectivity index (χ4v) is 6.29. The lowest BCUT2D eigenvalue weighted by molar-refractivity contribution is -0.587. The molecule has 2 aromatic heterocycles. The van der Waals surface area contributed by atoms with Crippen LogP contribution >= 0.6 is 23.4 Å². The summed E-state index contributed by atoms with van der Waals surface area (Å²) in [4.78, 5) is 13.0. The molecule has 0 bridgehead atoms. The van der Waals surface area contributed by atoms with E-state index in [0.29, 0.717) is 30.3 Å². The number of anilines is 1. The summed E-state index contributed by atoms with van der Waals surface area (Å²) in [6.07, 6.45) is 3.21. The van der Waals surface area contributed by atoms with Crippen molar-refractivity contribution in [1.82, 2.24) is 9.97 Å². The number of nitrogens with zero attached hydrogens (tertiary/aromatic N) is 4. The number of fused-ring (bicyclic) bond motifs is 3. The highest BCUT2D eigenvalue weighted by atomic mass is 35.5. The van der Waals surface area contributed by atoms with Crippen molar-refractivity contribution in [1.29, 1.82) is 0 Å². The van der Waals surface area contributed by atoms with E-state index in [1.165, 1.54) is 17.3 Å². The maximum absolute atomic E-state index is 13.1. The molecule has 34 heavy (non-hydrogen) atoms. The Balaban J connectivity index is 1.39. The van der Waals surface area contributed by atoms with Crippen molar-refractivity contribution >= 4 is 45.1 Å². The van der Waals surface area contributed by atoms with Crippen molar-refractivity contribution in [2.45, 2.75) is 55.3 Å². The monoisotopic (exact) mass is 495 g/mol. The SMILES string of the molecule is CCC1=C(Cl)c2c(nc(Sc3ccc4cc5c([n+]([O-])c4c3)CCOC5)nc2N2CC[C@@H](N)C2)C1. The van der Waals surface area contributed by atoms with Gasteiger partial charge >= 0.3 is 0 Å². The second kappa shape index (κ2) is 8.68. The minimum absolute atomic E-state index is 0.140. The molecule has 2 N–H and O–H groups in total. The molecule has 0 unspecified atom stereocenters. The summed E-state index contributed by atoms with van der Waals surface area (Å²) in [7, 11) is 0. The molecular weight excluding hydrogens is 470 g/mol. The third-order valence-corrected chi connectivity index (χ3v) is 8.23. The van der Waals surface area contributed by atoms with Crippen LogP contribution < -0.4 is 15.4 Å². The zero-order valence-electron chi connectivity index (χ0n) is 19.0. The Bertz CT molecular complexity index is 1340. The number of rotatable bonds is 4. The third kappa shape index (κ3) is 3.73. The van der Waals surface area contributed by atoms with Crippen molar-refractivity contribution < 1.29 is 9.47 Å². The van der Waals surface area contributed by atoms with Gasteiger partial charge in [-0.1, -0.05) is 18.5 Å². The lowest BCUT2D eigenvalue weighted by Gasteiger charge is -2.21. The van der Waals surface area contributed by atoms with Crippen molar-refractivity contribution in [3.63, 3.8) is 0 Å². The molecule has 0 amide bonds. The van der Waals surface area contributed by atoms with Gasteiger partial charge in [-0.2, -0.15) is 4.73 Å². The van der Waals surface area contributed by atoms with E-state index in [0.717, 1.165) is 80.7 Å². The Morgan fingerprint density at radius 3 is 3.00 bits per heavy atom. The molecule has 1 saturated heterocycles. The quantitative estimate of drug-likeness (QED) is 0.333. The second-order valence-corrected chi connectivity index (χ2v) is 10.5. The summed E-state index contributed by atoms with van der Waals surface area (Å²) in [5, 5.41) is 15.4. The molecule has 2 aliphatic heterocycles. The molecular formula is C25H26ClN5O2S. The van der Waals surface area contributed by atoms with Gasteiger partial charge in [0.05, 0.1) is 35.9 Å². The first-order valence-electron chi connectivity index (χ1n) is 11.7. The van der Waals surface area contributed by atoms with E-state index >= 15 is 0 Å². The first-order valence-corrected chi connectivity index (χ1v) is 12.9. The highest BCUT2D eigenvalue weighted by molar-refractivity contribution is 7.99. The van der Waals surface area contributed by atoms with Gasteiger partial charge in [0, 0.05) is 47.5 Å². The molecule has 1 aliphatic carbocycles. The van der Waals surface area contributed by atoms with Crippen molar-refractivity contribution in [3.8, 4) is 0 Å². The molecule has 7 nitrogen and oxygen atoms in total. The molecule has 1 aromatic carbocycles. The van der Waals surface area contributed by atoms with E-state index in [9.17, 15) is 5.21 Å². The van der Waals surface area contributed by atoms with E-state index in [4.69, 9.17) is 32.0 Å². The van der Waals surface area contributed by atoms with E-state index in [1.807, 2.05) is 18.2 Å². The number of allylic oxidation sites excluding steroid dienone is 1. The van der Waals surface area contributed by atoms with Gasteiger partial charge in [0.25, 0.3) is 0 Å². The first kappa shape index (κ1) is 22.1. The minimum Gasteiger partial charge on any atom is -0.618 e. The Kier molecular flexibility index (Phi) is 5.64. The summed E-state index contributed by atoms with van der Waals surface area (Å²) in [6, 6.07) is 8.15. The highest BCUT2D eigenvalue weighted by Gasteiger charge is 2.31. The fraction of sp³-hybridized carbons (Fsp3) is 0.400. The number of hydrogen-bond acceptors (Lipinski definition) is 7. The first-order chi connectivity index (χ1) is 16.5. The van der Waals surface area contributed by atoms with Crippen LogP contribution in [0.3, 0.4) is 0 Å². The number of pyridine rings is 1. The van der Waals surface area contributed by atoms with Crippen LogP contribution in [0.1, 0.15) is 42.3 Å². The molecule has 0 saturated carbocycles. The Labute approximate surface area is 207 Å². The van der Waals surface area contributed by atoms with Crippen LogP contribution in [-0.2, 0) is 24.2 Å². The second-order valence-electron chi connectivity index (χ2n) is 9.13. The van der Waals surface area contributed by atoms with Gasteiger partial charge in [0.2, 0.25) is 11.2 Å². The van der Waals surface area contributed by atoms with E-state index in [-0.39, 0.29) is 6.04 Å². The topological polar surface area (TPSA) is 91.2 Å². The van der Waals surface area contributed by atoms with Crippen LogP contribution in [0.2, 0.25) is 0 Å². The molecule has 0 spiro atoms. The molecule has 4 heterocycles. The Morgan fingerprint density at radius 1 is 1.32 bits per heavy atom. The average molecular weight is 496 g/mol. The lowest BCUT2D eigenvalue weighted by Crippen LogP contribution is -2.36. The van der Waals surface area contributed by atoms with Crippen molar-refractivity contribution in [2.24, 2.45) is 5.73 Å². The summed E-state index contributed by atoms with van der Waals surface area (Å²) in [6.45, 7) is 4.82. The number of halogens is 1. The maximum Gasteiger partial charge on any atom is 0.225 e. The van der Waals surface area contributed by atoms with Crippen LogP contribution in [0.4, 0.5) is 5.82 Å². The molecule has 3 aromatic rings. The normalized spacial score (nSPS) is 19.7. The zero-order valence-corrected chi connectivity index (χ0v) is 20.6. The standard InChI is InChI=1S/C25H26ClN5O2S/c1-2-14-10-19-22(23(14)26)24(30-7-5-17(27)12-30)29-25(28-19)34-18-4-3-15-9-16-13-33-8-6-20(16)31(32)21(15)11-18/h3-4,9,11,17H,2,5-8,10,12-13,27H2,1H3/t17-/m1/s1. The van der Waals surface area contributed by atoms with E-state index in [1.54, 1.807) is 0 Å². The van der Waals surface area contributed by atoms with E-state index < -0.39 is 0 Å². The van der Waals surface area contributed by atoms with E-state index in [2.05, 4.69) is 17.9 Å². The highest BCUT2D eigenvalue weighted by Crippen LogP contribution is 2.43. The maximum atomic E-state index is 13.1. The third-order valence-electron chi connectivity index (χ3n) is 6.92. The van der Waals surface area contributed by atoms with Gasteiger partial charge in [-0.05, 0) is 48.4 Å². The number of benzene rings is 1. The lowest BCUT2D eigenvalue weighted by atomic mass is 10.1. The molecule has 1 fully saturated rings. The summed E-state index contributed by atoms with van der Waals surface area (Å²) in [5.41, 5.74) is 11.8. The van der Waals surface area contributed by atoms with Gasteiger partial charge in [-0.25, -0.2) is 9.97 Å². The zero-order chi connectivity index (χ0) is 23.4. The summed E-state index contributed by atoms with van der Waals surface area (Å²) in [5.74, 6) is 0.877. The molecule has 6 rings (SSSR count). The minimum atomic E-state index is 0.140. The smallest absolute Gasteiger partial charge is 0.225 e. The largest absolute Gasteiger partial charge is 0.618 e. The molecule has 9 heteroatoms. The van der Waals surface area contributed by atoms with Crippen LogP contribution in [0.5, 0.6) is 0 Å². The van der Waals surface area contributed by atoms with Crippen molar-refractivity contribution in [3.05, 3.63) is 57.6 Å². The molecule has 0 radical (unpaired) electrons. The Hall–Kier alpha value is -2.39. The molecule has 3 aliphatic rings. The fourth-order valence-electron chi connectivity index (χ4n) is 5.09. The number of ether oxygens (including phenoxy) is 1. The van der Waals surface area contributed by atoms with Crippen LogP contribution in [-0.4, -0.2) is 35.7 Å². The van der Waals surface area contributed by atoms with Gasteiger partial charge < -0.3 is 20.6 Å². The van der Waals surface area contributed by atoms with Gasteiger partial charge in [0.15, 0.2) is 5.16 Å². The van der Waals surface area contributed by atoms with Crippen LogP contribution in [0.15, 0.2) is 39.9 Å². The number of aromatic nitrogens is 3. The summed E-state index contributed by atoms with van der Waals surface area (Å²) < 4.78 is 6.59. The van der Waals surface area contributed by atoms with Crippen molar-refractivity contribution in [2.75, 3.05) is 24.6 Å². The average Bonchev–Trinajstić information content (AvgIpc) is 3.42. The molecule has 1 atom stereocenters.